The quantitative estimate of drug-likeness (QED) is 0.605. The maximum Gasteiger partial charge on any atom is 0.0388 e. The molecule has 0 aromatic carbocycles. The van der Waals surface area contributed by atoms with Crippen molar-refractivity contribution in [3.05, 3.63) is 24.5 Å². The van der Waals surface area contributed by atoms with E-state index in [9.17, 15) is 0 Å². The lowest BCUT2D eigenvalue weighted by Gasteiger charge is -2.24. The molecule has 0 amide bonds. The molecule has 0 fully saturated rings. The molecule has 0 saturated heterocycles. The van der Waals surface area contributed by atoms with Gasteiger partial charge in [-0.25, -0.2) is 10.0 Å². The van der Waals surface area contributed by atoms with Gasteiger partial charge in [0.25, 0.3) is 0 Å². The van der Waals surface area contributed by atoms with Crippen molar-refractivity contribution in [2.75, 3.05) is 18.8 Å². The summed E-state index contributed by atoms with van der Waals surface area (Å²) < 4.78 is 0. The van der Waals surface area contributed by atoms with E-state index >= 15 is 0 Å². The predicted octanol–water partition coefficient (Wildman–Crippen LogP) is 2.13. The van der Waals surface area contributed by atoms with Crippen LogP contribution in [0.25, 0.3) is 0 Å². The molecule has 10 heavy (non-hydrogen) atoms. The zero-order valence-corrected chi connectivity index (χ0v) is 7.48. The van der Waals surface area contributed by atoms with Gasteiger partial charge in [-0.1, -0.05) is 0 Å². The molecule has 0 saturated carbocycles. The summed E-state index contributed by atoms with van der Waals surface area (Å²) in [5, 5.41) is 0. The molecule has 1 aromatic rings. The van der Waals surface area contributed by atoms with Crippen LogP contribution in [-0.2, 0) is 0 Å². The average Bonchev–Trinajstić information content (AvgIpc) is 1.88. The lowest BCUT2D eigenvalue weighted by atomic mass is 10.5. The molecule has 1 nitrogen and oxygen atoms in total. The molecule has 0 unspecified atom stereocenters. The van der Waals surface area contributed by atoms with Crippen LogP contribution < -0.4 is 0 Å². The largest absolute Gasteiger partial charge is 0.264 e. The molecule has 0 aliphatic carbocycles. The Morgan fingerprint density at radius 3 is 2.30 bits per heavy atom. The van der Waals surface area contributed by atoms with Gasteiger partial charge in [0.1, 0.15) is 0 Å². The highest BCUT2D eigenvalue weighted by atomic mass is 32.3. The number of hydrogen-bond donors (Lipinski definition) is 0. The third kappa shape index (κ3) is 1.74. The second kappa shape index (κ2) is 2.62. The molecule has 2 heteroatoms. The van der Waals surface area contributed by atoms with Crippen molar-refractivity contribution in [1.29, 1.82) is 0 Å². The van der Waals surface area contributed by atoms with Crippen LogP contribution in [0.4, 0.5) is 0 Å². The van der Waals surface area contributed by atoms with Gasteiger partial charge in [-0.3, -0.25) is 4.98 Å². The molecule has 1 rings (SSSR count). The number of nitrogens with zero attached hydrogens (tertiary/aromatic N) is 1. The molecule has 56 valence electrons. The smallest absolute Gasteiger partial charge is 0.0388 e. The van der Waals surface area contributed by atoms with E-state index in [4.69, 9.17) is 0 Å². The third-order valence-electron chi connectivity index (χ3n) is 1.34. The maximum absolute atomic E-state index is 4.07. The van der Waals surface area contributed by atoms with E-state index < -0.39 is 10.0 Å². The van der Waals surface area contributed by atoms with Crippen LogP contribution in [-0.4, -0.2) is 23.8 Å². The van der Waals surface area contributed by atoms with Gasteiger partial charge >= 0.3 is 0 Å². The van der Waals surface area contributed by atoms with E-state index in [1.807, 2.05) is 18.5 Å². The first-order valence-corrected chi connectivity index (χ1v) is 6.05. The summed E-state index contributed by atoms with van der Waals surface area (Å²) in [7, 11) is -0.565. The van der Waals surface area contributed by atoms with E-state index in [-0.39, 0.29) is 0 Å². The second-order valence-electron chi connectivity index (χ2n) is 3.03. The molecule has 0 aliphatic rings. The lowest BCUT2D eigenvalue weighted by Crippen LogP contribution is -1.92. The van der Waals surface area contributed by atoms with E-state index in [1.54, 1.807) is 0 Å². The number of aromatic nitrogens is 1. The van der Waals surface area contributed by atoms with Crippen LogP contribution in [0.5, 0.6) is 0 Å². The molecular formula is C8H13NS. The van der Waals surface area contributed by atoms with Gasteiger partial charge in [-0.15, -0.1) is 0 Å². The molecule has 0 aliphatic heterocycles. The summed E-state index contributed by atoms with van der Waals surface area (Å²) in [6, 6.07) is 4.13. The summed E-state index contributed by atoms with van der Waals surface area (Å²) in [5.41, 5.74) is 0. The van der Waals surface area contributed by atoms with Crippen molar-refractivity contribution < 1.29 is 0 Å². The SMILES string of the molecule is CS(C)(C)c1cccnc1. The number of pyridine rings is 1. The van der Waals surface area contributed by atoms with Gasteiger partial charge in [0.15, 0.2) is 0 Å². The molecule has 0 spiro atoms. The van der Waals surface area contributed by atoms with Gasteiger partial charge in [0.05, 0.1) is 0 Å². The minimum absolute atomic E-state index is 0.565. The Labute approximate surface area is 63.8 Å². The topological polar surface area (TPSA) is 12.9 Å². The highest BCUT2D eigenvalue weighted by molar-refractivity contribution is 8.32. The summed E-state index contributed by atoms with van der Waals surface area (Å²) in [6.45, 7) is 0. The fourth-order valence-electron chi connectivity index (χ4n) is 0.709. The van der Waals surface area contributed by atoms with E-state index in [0.29, 0.717) is 0 Å². The Morgan fingerprint density at radius 1 is 1.30 bits per heavy atom. The van der Waals surface area contributed by atoms with Crippen LogP contribution in [0.3, 0.4) is 0 Å². The number of rotatable bonds is 1. The normalized spacial score (nSPS) is 13.1. The Hall–Kier alpha value is -0.500. The Kier molecular flexibility index (Phi) is 2.00. The van der Waals surface area contributed by atoms with Crippen molar-refractivity contribution in [3.63, 3.8) is 0 Å². The minimum Gasteiger partial charge on any atom is -0.264 e. The fourth-order valence-corrected chi connectivity index (χ4v) is 1.57. The molecular weight excluding hydrogens is 142 g/mol. The number of hydrogen-bond acceptors (Lipinski definition) is 1. The standard InChI is InChI=1S/C8H13NS/c1-10(2,3)8-5-4-6-9-7-8/h4-7H,1-3H3. The van der Waals surface area contributed by atoms with E-state index in [2.05, 4.69) is 29.8 Å². The highest BCUT2D eigenvalue weighted by Gasteiger charge is 2.05. The van der Waals surface area contributed by atoms with Gasteiger partial charge in [-0.2, -0.15) is 0 Å². The van der Waals surface area contributed by atoms with Crippen molar-refractivity contribution in [2.24, 2.45) is 0 Å². The zero-order valence-electron chi connectivity index (χ0n) is 6.66. The molecule has 1 heterocycles. The molecule has 0 N–H and O–H groups in total. The monoisotopic (exact) mass is 155 g/mol. The third-order valence-corrected chi connectivity index (χ3v) is 3.00. The van der Waals surface area contributed by atoms with Gasteiger partial charge in [0, 0.05) is 17.3 Å². The Bertz CT molecular complexity index is 200. The highest BCUT2D eigenvalue weighted by Crippen LogP contribution is 2.44. The van der Waals surface area contributed by atoms with Crippen LogP contribution in [0.15, 0.2) is 29.4 Å². The van der Waals surface area contributed by atoms with Crippen molar-refractivity contribution in [2.45, 2.75) is 4.90 Å². The minimum atomic E-state index is -0.565. The van der Waals surface area contributed by atoms with Crippen molar-refractivity contribution in [3.8, 4) is 0 Å². The first-order chi connectivity index (χ1) is 4.61. The van der Waals surface area contributed by atoms with Crippen LogP contribution in [0.2, 0.25) is 0 Å². The zero-order chi connectivity index (χ0) is 7.61. The van der Waals surface area contributed by atoms with E-state index in [1.165, 1.54) is 4.90 Å². The van der Waals surface area contributed by atoms with Crippen LogP contribution >= 0.6 is 10.0 Å². The average molecular weight is 155 g/mol. The second-order valence-corrected chi connectivity index (χ2v) is 7.17. The Morgan fingerprint density at radius 2 is 2.00 bits per heavy atom. The summed E-state index contributed by atoms with van der Waals surface area (Å²) in [5.74, 6) is 0. The molecule has 1 aromatic heterocycles. The summed E-state index contributed by atoms with van der Waals surface area (Å²) >= 11 is 0. The first-order valence-electron chi connectivity index (χ1n) is 3.19. The van der Waals surface area contributed by atoms with Gasteiger partial charge in [-0.05, 0) is 30.9 Å². The molecule has 0 bridgehead atoms. The van der Waals surface area contributed by atoms with Crippen molar-refractivity contribution >= 4 is 10.0 Å². The lowest BCUT2D eigenvalue weighted by molar-refractivity contribution is 1.23. The van der Waals surface area contributed by atoms with Crippen molar-refractivity contribution in [1.82, 2.24) is 4.98 Å². The molecule has 0 atom stereocenters. The van der Waals surface area contributed by atoms with Crippen LogP contribution in [0, 0.1) is 0 Å². The summed E-state index contributed by atoms with van der Waals surface area (Å²) in [4.78, 5) is 5.44. The van der Waals surface area contributed by atoms with Gasteiger partial charge < -0.3 is 0 Å². The molecule has 0 radical (unpaired) electrons. The van der Waals surface area contributed by atoms with E-state index in [0.717, 1.165) is 0 Å². The summed E-state index contributed by atoms with van der Waals surface area (Å²) in [6.07, 6.45) is 10.6. The first kappa shape index (κ1) is 7.61. The maximum atomic E-state index is 4.07. The predicted molar refractivity (Wildman–Crippen MR) is 47.9 cm³/mol. The van der Waals surface area contributed by atoms with Crippen LogP contribution in [0.1, 0.15) is 0 Å². The Balaban J connectivity index is 2.97. The van der Waals surface area contributed by atoms with Gasteiger partial charge in [0.2, 0.25) is 0 Å². The fraction of sp³-hybridized carbons (Fsp3) is 0.375.